The molecule has 1 unspecified atom stereocenters. The topological polar surface area (TPSA) is 50.4 Å². The Balaban J connectivity index is 0.00000200. The molecule has 5 heteroatoms. The Kier molecular flexibility index (Phi) is 6.82. The lowest BCUT2D eigenvalue weighted by Crippen LogP contribution is -2.36. The van der Waals surface area contributed by atoms with Gasteiger partial charge >= 0.3 is 0 Å². The third-order valence-corrected chi connectivity index (χ3v) is 3.22. The number of benzene rings is 1. The van der Waals surface area contributed by atoms with Gasteiger partial charge in [-0.1, -0.05) is 6.07 Å². The lowest BCUT2D eigenvalue weighted by Gasteiger charge is -2.12. The number of rotatable bonds is 5. The number of carbonyl (C=O) groups is 1. The molecule has 2 rings (SSSR count). The highest BCUT2D eigenvalue weighted by molar-refractivity contribution is 5.85. The fraction of sp³-hybridized carbons (Fsp3) is 0.533. The van der Waals surface area contributed by atoms with E-state index in [1.807, 2.05) is 26.0 Å². The first kappa shape index (κ1) is 16.8. The Bertz CT molecular complexity index is 425. The van der Waals surface area contributed by atoms with Crippen LogP contribution in [0.4, 0.5) is 0 Å². The second-order valence-corrected chi connectivity index (χ2v) is 5.18. The van der Waals surface area contributed by atoms with E-state index >= 15 is 0 Å². The number of aryl methyl sites for hydroxylation is 2. The summed E-state index contributed by atoms with van der Waals surface area (Å²) >= 11 is 0. The average molecular weight is 299 g/mol. The van der Waals surface area contributed by atoms with Crippen LogP contribution in [0.5, 0.6) is 5.75 Å². The number of carbonyl (C=O) groups excluding carboxylic acids is 1. The van der Waals surface area contributed by atoms with Crippen LogP contribution < -0.4 is 15.4 Å². The molecule has 1 atom stereocenters. The van der Waals surface area contributed by atoms with Crippen LogP contribution in [0.25, 0.3) is 0 Å². The number of halogens is 1. The number of hydrogen-bond acceptors (Lipinski definition) is 3. The summed E-state index contributed by atoms with van der Waals surface area (Å²) in [7, 11) is 0. The molecule has 2 N–H and O–H groups in total. The van der Waals surface area contributed by atoms with E-state index in [4.69, 9.17) is 4.74 Å². The summed E-state index contributed by atoms with van der Waals surface area (Å²) < 4.78 is 5.63. The smallest absolute Gasteiger partial charge is 0.223 e. The summed E-state index contributed by atoms with van der Waals surface area (Å²) in [4.78, 5) is 11.7. The van der Waals surface area contributed by atoms with E-state index in [2.05, 4.69) is 16.7 Å². The molecule has 0 saturated carbocycles. The molecule has 1 saturated heterocycles. The number of amides is 1. The fourth-order valence-electron chi connectivity index (χ4n) is 2.36. The third-order valence-electron chi connectivity index (χ3n) is 3.22. The molecule has 1 fully saturated rings. The van der Waals surface area contributed by atoms with Crippen molar-refractivity contribution in [2.24, 2.45) is 0 Å². The highest BCUT2D eigenvalue weighted by Crippen LogP contribution is 2.16. The molecule has 0 spiro atoms. The quantitative estimate of drug-likeness (QED) is 0.874. The first-order chi connectivity index (χ1) is 9.13. The van der Waals surface area contributed by atoms with Crippen LogP contribution in [0, 0.1) is 13.8 Å². The van der Waals surface area contributed by atoms with Crippen LogP contribution in [0.15, 0.2) is 18.2 Å². The highest BCUT2D eigenvalue weighted by atomic mass is 35.5. The first-order valence-electron chi connectivity index (χ1n) is 6.84. The second-order valence-electron chi connectivity index (χ2n) is 5.18. The van der Waals surface area contributed by atoms with Gasteiger partial charge in [0, 0.05) is 12.6 Å². The zero-order valence-corrected chi connectivity index (χ0v) is 12.9. The summed E-state index contributed by atoms with van der Waals surface area (Å²) in [6.07, 6.45) is 1.42. The Morgan fingerprint density at radius 3 is 2.65 bits per heavy atom. The van der Waals surface area contributed by atoms with Gasteiger partial charge < -0.3 is 15.4 Å². The van der Waals surface area contributed by atoms with Crippen molar-refractivity contribution in [3.05, 3.63) is 29.3 Å². The van der Waals surface area contributed by atoms with Gasteiger partial charge in [0.2, 0.25) is 5.91 Å². The van der Waals surface area contributed by atoms with E-state index in [1.165, 1.54) is 11.1 Å². The molecule has 20 heavy (non-hydrogen) atoms. The van der Waals surface area contributed by atoms with E-state index in [0.29, 0.717) is 13.0 Å². The van der Waals surface area contributed by atoms with Crippen LogP contribution in [0.3, 0.4) is 0 Å². The van der Waals surface area contributed by atoms with Crippen molar-refractivity contribution in [3.63, 3.8) is 0 Å². The molecule has 1 amide bonds. The Hall–Kier alpha value is -1.26. The van der Waals surface area contributed by atoms with Crippen molar-refractivity contribution in [2.75, 3.05) is 19.7 Å². The van der Waals surface area contributed by atoms with Gasteiger partial charge in [0.15, 0.2) is 0 Å². The number of hydrogen-bond donors (Lipinski definition) is 2. The molecule has 112 valence electrons. The van der Waals surface area contributed by atoms with Gasteiger partial charge in [-0.15, -0.1) is 12.4 Å². The molecule has 1 heterocycles. The van der Waals surface area contributed by atoms with Crippen LogP contribution in [0.1, 0.15) is 24.0 Å². The standard InChI is InChI=1S/C15H22N2O2.ClH/c1-11-7-12(2)9-14(8-11)19-6-4-15(18)17-13-3-5-16-10-13;/h7-9,13,16H,3-6,10H2,1-2H3,(H,17,18);1H. The van der Waals surface area contributed by atoms with Gasteiger partial charge in [0.25, 0.3) is 0 Å². The third kappa shape index (κ3) is 5.39. The molecule has 1 aromatic rings. The molecule has 0 radical (unpaired) electrons. The van der Waals surface area contributed by atoms with Gasteiger partial charge in [0.1, 0.15) is 5.75 Å². The maximum absolute atomic E-state index is 11.7. The summed E-state index contributed by atoms with van der Waals surface area (Å²) in [6, 6.07) is 6.37. The van der Waals surface area contributed by atoms with Crippen molar-refractivity contribution >= 4 is 18.3 Å². The molecule has 4 nitrogen and oxygen atoms in total. The Morgan fingerprint density at radius 1 is 1.35 bits per heavy atom. The van der Waals surface area contributed by atoms with Gasteiger partial charge in [-0.05, 0) is 50.1 Å². The minimum atomic E-state index is 0. The molecule has 0 aromatic heterocycles. The van der Waals surface area contributed by atoms with E-state index in [9.17, 15) is 4.79 Å². The number of nitrogens with one attached hydrogen (secondary N) is 2. The summed E-state index contributed by atoms with van der Waals surface area (Å²) in [6.45, 7) is 6.38. The molecule has 0 bridgehead atoms. The summed E-state index contributed by atoms with van der Waals surface area (Å²) in [5, 5.41) is 6.23. The lowest BCUT2D eigenvalue weighted by atomic mass is 10.1. The fourth-order valence-corrected chi connectivity index (χ4v) is 2.36. The minimum absolute atomic E-state index is 0. The van der Waals surface area contributed by atoms with Crippen LogP contribution in [0.2, 0.25) is 0 Å². The number of ether oxygens (including phenoxy) is 1. The molecule has 1 aliphatic heterocycles. The second kappa shape index (κ2) is 8.12. The maximum Gasteiger partial charge on any atom is 0.223 e. The molecular formula is C15H23ClN2O2. The molecule has 0 aliphatic carbocycles. The van der Waals surface area contributed by atoms with Gasteiger partial charge in [-0.25, -0.2) is 0 Å². The summed E-state index contributed by atoms with van der Waals surface area (Å²) in [5.41, 5.74) is 2.35. The van der Waals surface area contributed by atoms with Gasteiger partial charge in [-0.3, -0.25) is 4.79 Å². The van der Waals surface area contributed by atoms with Crippen LogP contribution in [-0.4, -0.2) is 31.6 Å². The predicted octanol–water partition coefficient (Wildman–Crippen LogP) is 1.97. The van der Waals surface area contributed by atoms with E-state index in [1.54, 1.807) is 0 Å². The zero-order chi connectivity index (χ0) is 13.7. The lowest BCUT2D eigenvalue weighted by molar-refractivity contribution is -0.122. The normalized spacial score (nSPS) is 17.4. The molecular weight excluding hydrogens is 276 g/mol. The predicted molar refractivity (Wildman–Crippen MR) is 82.7 cm³/mol. The molecule has 1 aliphatic rings. The van der Waals surface area contributed by atoms with Crippen molar-refractivity contribution in [1.82, 2.24) is 10.6 Å². The first-order valence-corrected chi connectivity index (χ1v) is 6.84. The van der Waals surface area contributed by atoms with Crippen LogP contribution >= 0.6 is 12.4 Å². The Labute approximate surface area is 126 Å². The Morgan fingerprint density at radius 2 is 2.05 bits per heavy atom. The van der Waals surface area contributed by atoms with Gasteiger partial charge in [-0.2, -0.15) is 0 Å². The molecule has 1 aromatic carbocycles. The zero-order valence-electron chi connectivity index (χ0n) is 12.1. The monoisotopic (exact) mass is 298 g/mol. The highest BCUT2D eigenvalue weighted by Gasteiger charge is 2.16. The van der Waals surface area contributed by atoms with E-state index in [0.717, 1.165) is 25.3 Å². The van der Waals surface area contributed by atoms with Crippen molar-refractivity contribution in [2.45, 2.75) is 32.7 Å². The average Bonchev–Trinajstić information content (AvgIpc) is 2.80. The minimum Gasteiger partial charge on any atom is -0.493 e. The van der Waals surface area contributed by atoms with E-state index < -0.39 is 0 Å². The largest absolute Gasteiger partial charge is 0.493 e. The van der Waals surface area contributed by atoms with Crippen molar-refractivity contribution in [3.8, 4) is 5.75 Å². The van der Waals surface area contributed by atoms with Crippen molar-refractivity contribution in [1.29, 1.82) is 0 Å². The van der Waals surface area contributed by atoms with Crippen LogP contribution in [-0.2, 0) is 4.79 Å². The maximum atomic E-state index is 11.7. The van der Waals surface area contributed by atoms with Gasteiger partial charge in [0.05, 0.1) is 13.0 Å². The van der Waals surface area contributed by atoms with Crippen molar-refractivity contribution < 1.29 is 9.53 Å². The SMILES string of the molecule is Cc1cc(C)cc(OCCC(=O)NC2CCNC2)c1.Cl. The van der Waals surface area contributed by atoms with E-state index in [-0.39, 0.29) is 24.4 Å². The summed E-state index contributed by atoms with van der Waals surface area (Å²) in [5.74, 6) is 0.908.